The molecule has 0 spiro atoms. The van der Waals surface area contributed by atoms with Gasteiger partial charge in [-0.2, -0.15) is 22.6 Å². The van der Waals surface area contributed by atoms with Crippen LogP contribution in [0.2, 0.25) is 0 Å². The van der Waals surface area contributed by atoms with Crippen LogP contribution in [-0.2, 0) is 16.2 Å². The SMILES string of the molecule is CS(=O)(=O)N1CCCC[C@H]1c1cc2nc(-c3cccs3)cc(C(F)(F)F)n2n1. The summed E-state index contributed by atoms with van der Waals surface area (Å²) in [6.45, 7) is 0.331. The number of hydrogen-bond acceptors (Lipinski definition) is 5. The summed E-state index contributed by atoms with van der Waals surface area (Å²) in [7, 11) is -3.50. The second-order valence-corrected chi connectivity index (χ2v) is 9.61. The summed E-state index contributed by atoms with van der Waals surface area (Å²) in [5.41, 5.74) is -0.391. The van der Waals surface area contributed by atoms with E-state index in [0.717, 1.165) is 23.3 Å². The van der Waals surface area contributed by atoms with E-state index in [2.05, 4.69) is 10.1 Å². The number of thiophene rings is 1. The summed E-state index contributed by atoms with van der Waals surface area (Å²) in [5.74, 6) is 0. The van der Waals surface area contributed by atoms with Crippen molar-refractivity contribution in [3.05, 3.63) is 41.0 Å². The number of rotatable bonds is 3. The molecule has 6 nitrogen and oxygen atoms in total. The van der Waals surface area contributed by atoms with Crippen molar-refractivity contribution in [3.63, 3.8) is 0 Å². The van der Waals surface area contributed by atoms with E-state index in [1.165, 1.54) is 21.7 Å². The molecule has 0 aromatic carbocycles. The molecule has 0 amide bonds. The lowest BCUT2D eigenvalue weighted by molar-refractivity contribution is -0.142. The number of nitrogens with zero attached hydrogens (tertiary/aromatic N) is 4. The summed E-state index contributed by atoms with van der Waals surface area (Å²) >= 11 is 1.30. The van der Waals surface area contributed by atoms with E-state index in [9.17, 15) is 21.6 Å². The van der Waals surface area contributed by atoms with Crippen molar-refractivity contribution in [2.75, 3.05) is 12.8 Å². The normalized spacial score (nSPS) is 19.4. The van der Waals surface area contributed by atoms with Gasteiger partial charge in [0.15, 0.2) is 11.3 Å². The van der Waals surface area contributed by atoms with Gasteiger partial charge in [-0.05, 0) is 30.4 Å². The fourth-order valence-corrected chi connectivity index (χ4v) is 5.33. The van der Waals surface area contributed by atoms with Crippen LogP contribution in [-0.4, -0.2) is 40.1 Å². The number of fused-ring (bicyclic) bond motifs is 1. The first-order valence-corrected chi connectivity index (χ1v) is 11.4. The highest BCUT2D eigenvalue weighted by molar-refractivity contribution is 7.88. The van der Waals surface area contributed by atoms with Crippen LogP contribution in [0.25, 0.3) is 16.2 Å². The monoisotopic (exact) mass is 430 g/mol. The van der Waals surface area contributed by atoms with E-state index >= 15 is 0 Å². The van der Waals surface area contributed by atoms with Gasteiger partial charge in [0.25, 0.3) is 0 Å². The Balaban J connectivity index is 1.88. The second kappa shape index (κ2) is 6.82. The smallest absolute Gasteiger partial charge is 0.228 e. The van der Waals surface area contributed by atoms with Gasteiger partial charge in [-0.3, -0.25) is 0 Å². The van der Waals surface area contributed by atoms with Crippen molar-refractivity contribution in [1.29, 1.82) is 0 Å². The Labute approximate surface area is 163 Å². The van der Waals surface area contributed by atoms with E-state index in [4.69, 9.17) is 0 Å². The van der Waals surface area contributed by atoms with Gasteiger partial charge >= 0.3 is 6.18 Å². The van der Waals surface area contributed by atoms with Crippen molar-refractivity contribution in [3.8, 4) is 10.6 Å². The topological polar surface area (TPSA) is 67.6 Å². The quantitative estimate of drug-likeness (QED) is 0.631. The Bertz CT molecular complexity index is 1110. The largest absolute Gasteiger partial charge is 0.433 e. The molecule has 1 atom stereocenters. The molecule has 28 heavy (non-hydrogen) atoms. The third kappa shape index (κ3) is 3.53. The Morgan fingerprint density at radius 2 is 2.04 bits per heavy atom. The van der Waals surface area contributed by atoms with Gasteiger partial charge in [0.1, 0.15) is 0 Å². The molecular weight excluding hydrogens is 413 g/mol. The first-order valence-electron chi connectivity index (χ1n) is 8.63. The molecule has 1 aliphatic heterocycles. The van der Waals surface area contributed by atoms with Crippen LogP contribution < -0.4 is 0 Å². The lowest BCUT2D eigenvalue weighted by atomic mass is 10.0. The number of aromatic nitrogens is 3. The number of piperidine rings is 1. The maximum Gasteiger partial charge on any atom is 0.433 e. The molecule has 0 N–H and O–H groups in total. The Morgan fingerprint density at radius 3 is 2.68 bits per heavy atom. The molecular formula is C17H17F3N4O2S2. The van der Waals surface area contributed by atoms with Crippen molar-refractivity contribution in [2.24, 2.45) is 0 Å². The van der Waals surface area contributed by atoms with Crippen molar-refractivity contribution in [1.82, 2.24) is 18.9 Å². The van der Waals surface area contributed by atoms with E-state index in [0.29, 0.717) is 24.3 Å². The van der Waals surface area contributed by atoms with Crippen molar-refractivity contribution in [2.45, 2.75) is 31.5 Å². The Hall–Kier alpha value is -1.98. The van der Waals surface area contributed by atoms with Crippen molar-refractivity contribution < 1.29 is 21.6 Å². The third-order valence-electron chi connectivity index (χ3n) is 4.73. The maximum absolute atomic E-state index is 13.7. The van der Waals surface area contributed by atoms with Crippen LogP contribution in [0.5, 0.6) is 0 Å². The van der Waals surface area contributed by atoms with E-state index in [1.807, 2.05) is 0 Å². The highest BCUT2D eigenvalue weighted by Crippen LogP contribution is 2.36. The molecule has 3 aromatic heterocycles. The molecule has 1 fully saturated rings. The van der Waals surface area contributed by atoms with E-state index in [1.54, 1.807) is 17.5 Å². The summed E-state index contributed by atoms with van der Waals surface area (Å²) < 4.78 is 67.3. The lowest BCUT2D eigenvalue weighted by Crippen LogP contribution is -2.37. The van der Waals surface area contributed by atoms with Gasteiger partial charge in [-0.15, -0.1) is 11.3 Å². The van der Waals surface area contributed by atoms with Gasteiger partial charge in [0.05, 0.1) is 28.6 Å². The molecule has 0 aliphatic carbocycles. The molecule has 0 radical (unpaired) electrons. The molecule has 1 aliphatic rings. The second-order valence-electron chi connectivity index (χ2n) is 6.73. The fourth-order valence-electron chi connectivity index (χ4n) is 3.51. The third-order valence-corrected chi connectivity index (χ3v) is 6.91. The molecule has 1 saturated heterocycles. The van der Waals surface area contributed by atoms with Crippen molar-refractivity contribution >= 4 is 27.0 Å². The summed E-state index contributed by atoms with van der Waals surface area (Å²) in [5, 5.41) is 5.89. The zero-order chi connectivity index (χ0) is 20.1. The predicted octanol–water partition coefficient (Wildman–Crippen LogP) is 3.96. The molecule has 0 unspecified atom stereocenters. The van der Waals surface area contributed by atoms with Crippen LogP contribution >= 0.6 is 11.3 Å². The predicted molar refractivity (Wildman–Crippen MR) is 99.4 cm³/mol. The summed E-state index contributed by atoms with van der Waals surface area (Å²) in [6, 6.07) is 5.29. The van der Waals surface area contributed by atoms with E-state index < -0.39 is 27.9 Å². The molecule has 4 heterocycles. The number of alkyl halides is 3. The minimum atomic E-state index is -4.63. The summed E-state index contributed by atoms with van der Waals surface area (Å²) in [4.78, 5) is 4.95. The molecule has 150 valence electrons. The van der Waals surface area contributed by atoms with Gasteiger partial charge in [0.2, 0.25) is 10.0 Å². The van der Waals surface area contributed by atoms with Crippen LogP contribution in [0.15, 0.2) is 29.6 Å². The number of hydrogen-bond donors (Lipinski definition) is 0. The highest BCUT2D eigenvalue weighted by atomic mass is 32.2. The summed E-state index contributed by atoms with van der Waals surface area (Å²) in [6.07, 6.45) is -1.51. The first kappa shape index (κ1) is 19.3. The standard InChI is InChI=1S/C17H17F3N4O2S2/c1-28(25,26)23-7-3-2-5-13(23)11-10-16-21-12(14-6-4-8-27-14)9-15(17(18,19)20)24(16)22-11/h4,6,8-10,13H,2-3,5,7H2,1H3/t13-/m0/s1. The van der Waals surface area contributed by atoms with Gasteiger partial charge in [-0.25, -0.2) is 17.9 Å². The Morgan fingerprint density at radius 1 is 1.25 bits per heavy atom. The number of halogens is 3. The fraction of sp³-hybridized carbons (Fsp3) is 0.412. The van der Waals surface area contributed by atoms with Crippen LogP contribution in [0, 0.1) is 0 Å². The molecule has 4 rings (SSSR count). The van der Waals surface area contributed by atoms with Crippen LogP contribution in [0.1, 0.15) is 36.7 Å². The lowest BCUT2D eigenvalue weighted by Gasteiger charge is -2.32. The average molecular weight is 430 g/mol. The zero-order valence-electron chi connectivity index (χ0n) is 14.8. The molecule has 11 heteroatoms. The van der Waals surface area contributed by atoms with Crippen LogP contribution in [0.4, 0.5) is 13.2 Å². The van der Waals surface area contributed by atoms with Gasteiger partial charge in [0, 0.05) is 12.6 Å². The first-order chi connectivity index (χ1) is 13.1. The van der Waals surface area contributed by atoms with Gasteiger partial charge in [-0.1, -0.05) is 12.5 Å². The average Bonchev–Trinajstić information content (AvgIpc) is 3.28. The molecule has 0 saturated carbocycles. The Kier molecular flexibility index (Phi) is 4.71. The van der Waals surface area contributed by atoms with E-state index in [-0.39, 0.29) is 17.0 Å². The maximum atomic E-state index is 13.7. The number of sulfonamides is 1. The van der Waals surface area contributed by atoms with Gasteiger partial charge < -0.3 is 0 Å². The molecule has 0 bridgehead atoms. The zero-order valence-corrected chi connectivity index (χ0v) is 16.5. The minimum Gasteiger partial charge on any atom is -0.228 e. The molecule has 3 aromatic rings. The highest BCUT2D eigenvalue weighted by Gasteiger charge is 2.37. The van der Waals surface area contributed by atoms with Crippen LogP contribution in [0.3, 0.4) is 0 Å². The minimum absolute atomic E-state index is 0.0484.